The average Bonchev–Trinajstić information content (AvgIpc) is 2.68. The van der Waals surface area contributed by atoms with Crippen molar-refractivity contribution in [2.24, 2.45) is 0 Å². The summed E-state index contributed by atoms with van der Waals surface area (Å²) >= 11 is 0. The molecule has 1 rings (SSSR count). The lowest BCUT2D eigenvalue weighted by molar-refractivity contribution is -0.0149. The maximum absolute atomic E-state index is 9.07. The second-order valence-electron chi connectivity index (χ2n) is 5.78. The molecule has 0 amide bonds. The van der Waals surface area contributed by atoms with Crippen LogP contribution >= 0.6 is 0 Å². The van der Waals surface area contributed by atoms with Gasteiger partial charge < -0.3 is 15.2 Å². The number of nitrogens with one attached hydrogen (secondary N) is 1. The molecular weight excluding hydrogens is 216 g/mol. The molecule has 0 aliphatic carbocycles. The molecule has 1 fully saturated rings. The van der Waals surface area contributed by atoms with E-state index in [1.54, 1.807) is 0 Å². The highest BCUT2D eigenvalue weighted by atomic mass is 16.5. The first-order chi connectivity index (χ1) is 8.01. The summed E-state index contributed by atoms with van der Waals surface area (Å²) in [6, 6.07) is 0.594. The van der Waals surface area contributed by atoms with E-state index in [1.807, 2.05) is 0 Å². The van der Waals surface area contributed by atoms with Crippen LogP contribution in [0.15, 0.2) is 0 Å². The molecule has 0 radical (unpaired) electrons. The third kappa shape index (κ3) is 6.99. The Bertz CT molecular complexity index is 198. The molecule has 0 spiro atoms. The highest BCUT2D eigenvalue weighted by molar-refractivity contribution is 4.78. The first-order valence-electron chi connectivity index (χ1n) is 6.72. The van der Waals surface area contributed by atoms with Crippen molar-refractivity contribution in [1.82, 2.24) is 10.2 Å². The van der Waals surface area contributed by atoms with Crippen molar-refractivity contribution in [1.29, 1.82) is 0 Å². The Kier molecular flexibility index (Phi) is 6.41. The van der Waals surface area contributed by atoms with Crippen molar-refractivity contribution in [3.63, 3.8) is 0 Å². The quantitative estimate of drug-likeness (QED) is 0.697. The van der Waals surface area contributed by atoms with Crippen LogP contribution in [-0.2, 0) is 4.74 Å². The summed E-state index contributed by atoms with van der Waals surface area (Å²) in [6.07, 6.45) is 2.53. The molecule has 1 saturated heterocycles. The van der Waals surface area contributed by atoms with E-state index in [2.05, 4.69) is 31.0 Å². The minimum absolute atomic E-state index is 0.0729. The molecule has 0 aromatic carbocycles. The van der Waals surface area contributed by atoms with Gasteiger partial charge in [-0.15, -0.1) is 0 Å². The number of rotatable bonds is 7. The first-order valence-corrected chi connectivity index (χ1v) is 6.72. The van der Waals surface area contributed by atoms with E-state index in [0.29, 0.717) is 6.04 Å². The lowest BCUT2D eigenvalue weighted by atomic mass is 10.2. The molecule has 1 aliphatic rings. The van der Waals surface area contributed by atoms with Gasteiger partial charge in [0.1, 0.15) is 0 Å². The lowest BCUT2D eigenvalue weighted by Gasteiger charge is -2.27. The summed E-state index contributed by atoms with van der Waals surface area (Å²) in [4.78, 5) is 2.29. The van der Waals surface area contributed by atoms with Gasteiger partial charge in [0, 0.05) is 25.7 Å². The minimum atomic E-state index is -0.0729. The summed E-state index contributed by atoms with van der Waals surface area (Å²) in [6.45, 7) is 11.0. The standard InChI is InChI=1S/C13H28N2O2/c1-13(2,3)17-10-8-15(7-9-16)11-12-5-4-6-14-12/h12,14,16H,4-11H2,1-3H3. The van der Waals surface area contributed by atoms with E-state index < -0.39 is 0 Å². The number of hydrogen-bond donors (Lipinski definition) is 2. The van der Waals surface area contributed by atoms with Gasteiger partial charge in [0.05, 0.1) is 18.8 Å². The number of nitrogens with zero attached hydrogens (tertiary/aromatic N) is 1. The van der Waals surface area contributed by atoms with E-state index in [0.717, 1.165) is 32.8 Å². The van der Waals surface area contributed by atoms with Crippen LogP contribution in [0.5, 0.6) is 0 Å². The van der Waals surface area contributed by atoms with Crippen molar-refractivity contribution >= 4 is 0 Å². The molecule has 1 atom stereocenters. The minimum Gasteiger partial charge on any atom is -0.395 e. The van der Waals surface area contributed by atoms with Gasteiger partial charge in [0.15, 0.2) is 0 Å². The SMILES string of the molecule is CC(C)(C)OCCN(CCO)CC1CCCN1. The fraction of sp³-hybridized carbons (Fsp3) is 1.00. The molecule has 17 heavy (non-hydrogen) atoms. The molecular formula is C13H28N2O2. The van der Waals surface area contributed by atoms with E-state index in [-0.39, 0.29) is 12.2 Å². The predicted octanol–water partition coefficient (Wildman–Crippen LogP) is 0.848. The second kappa shape index (κ2) is 7.31. The largest absolute Gasteiger partial charge is 0.395 e. The lowest BCUT2D eigenvalue weighted by Crippen LogP contribution is -2.41. The number of aliphatic hydroxyl groups is 1. The maximum atomic E-state index is 9.07. The number of aliphatic hydroxyl groups excluding tert-OH is 1. The van der Waals surface area contributed by atoms with Gasteiger partial charge in [0.25, 0.3) is 0 Å². The summed E-state index contributed by atoms with van der Waals surface area (Å²) in [5, 5.41) is 12.6. The molecule has 2 N–H and O–H groups in total. The molecule has 102 valence electrons. The number of hydrogen-bond acceptors (Lipinski definition) is 4. The maximum Gasteiger partial charge on any atom is 0.0600 e. The second-order valence-corrected chi connectivity index (χ2v) is 5.78. The van der Waals surface area contributed by atoms with Gasteiger partial charge in [-0.2, -0.15) is 0 Å². The topological polar surface area (TPSA) is 44.7 Å². The van der Waals surface area contributed by atoms with Crippen LogP contribution in [-0.4, -0.2) is 61.0 Å². The van der Waals surface area contributed by atoms with E-state index in [1.165, 1.54) is 12.8 Å². The molecule has 0 aromatic heterocycles. The summed E-state index contributed by atoms with van der Waals surface area (Å²) < 4.78 is 5.73. The van der Waals surface area contributed by atoms with Crippen LogP contribution in [0.2, 0.25) is 0 Å². The Morgan fingerprint density at radius 3 is 2.65 bits per heavy atom. The molecule has 0 saturated carbocycles. The Balaban J connectivity index is 2.22. The van der Waals surface area contributed by atoms with Crippen LogP contribution in [0.4, 0.5) is 0 Å². The summed E-state index contributed by atoms with van der Waals surface area (Å²) in [7, 11) is 0. The van der Waals surface area contributed by atoms with Gasteiger partial charge in [-0.25, -0.2) is 0 Å². The summed E-state index contributed by atoms with van der Waals surface area (Å²) in [5.41, 5.74) is -0.0729. The Morgan fingerprint density at radius 1 is 1.35 bits per heavy atom. The fourth-order valence-electron chi connectivity index (χ4n) is 2.14. The normalized spacial score (nSPS) is 21.4. The van der Waals surface area contributed by atoms with E-state index in [4.69, 9.17) is 9.84 Å². The molecule has 4 heteroatoms. The van der Waals surface area contributed by atoms with Gasteiger partial charge in [-0.05, 0) is 40.2 Å². The molecule has 1 unspecified atom stereocenters. The van der Waals surface area contributed by atoms with E-state index in [9.17, 15) is 0 Å². The molecule has 0 bridgehead atoms. The van der Waals surface area contributed by atoms with Gasteiger partial charge in [-0.3, -0.25) is 4.90 Å². The van der Waals surface area contributed by atoms with Crippen LogP contribution in [0, 0.1) is 0 Å². The van der Waals surface area contributed by atoms with Crippen molar-refractivity contribution < 1.29 is 9.84 Å². The van der Waals surface area contributed by atoms with Gasteiger partial charge in [-0.1, -0.05) is 0 Å². The highest BCUT2D eigenvalue weighted by Gasteiger charge is 2.18. The van der Waals surface area contributed by atoms with Crippen molar-refractivity contribution in [2.45, 2.75) is 45.3 Å². The highest BCUT2D eigenvalue weighted by Crippen LogP contribution is 2.09. The van der Waals surface area contributed by atoms with Crippen molar-refractivity contribution in [3.8, 4) is 0 Å². The summed E-state index contributed by atoms with van der Waals surface area (Å²) in [5.74, 6) is 0. The average molecular weight is 244 g/mol. The van der Waals surface area contributed by atoms with Gasteiger partial charge >= 0.3 is 0 Å². The number of ether oxygens (including phenoxy) is 1. The molecule has 4 nitrogen and oxygen atoms in total. The first kappa shape index (κ1) is 14.9. The van der Waals surface area contributed by atoms with Crippen LogP contribution in [0.1, 0.15) is 33.6 Å². The monoisotopic (exact) mass is 244 g/mol. The smallest absolute Gasteiger partial charge is 0.0600 e. The molecule has 0 aromatic rings. The Morgan fingerprint density at radius 2 is 2.12 bits per heavy atom. The zero-order valence-electron chi connectivity index (χ0n) is 11.5. The predicted molar refractivity (Wildman–Crippen MR) is 70.3 cm³/mol. The van der Waals surface area contributed by atoms with Crippen LogP contribution in [0.3, 0.4) is 0 Å². The third-order valence-electron chi connectivity index (χ3n) is 3.00. The zero-order chi connectivity index (χ0) is 12.7. The van der Waals surface area contributed by atoms with E-state index >= 15 is 0 Å². The molecule has 1 aliphatic heterocycles. The van der Waals surface area contributed by atoms with Crippen molar-refractivity contribution in [3.05, 3.63) is 0 Å². The molecule has 1 heterocycles. The third-order valence-corrected chi connectivity index (χ3v) is 3.00. The zero-order valence-corrected chi connectivity index (χ0v) is 11.5. The fourth-order valence-corrected chi connectivity index (χ4v) is 2.14. The van der Waals surface area contributed by atoms with Crippen LogP contribution in [0.25, 0.3) is 0 Å². The van der Waals surface area contributed by atoms with Gasteiger partial charge in [0.2, 0.25) is 0 Å². The van der Waals surface area contributed by atoms with Crippen LogP contribution < -0.4 is 5.32 Å². The Hall–Kier alpha value is -0.160. The Labute approximate surface area is 105 Å². The van der Waals surface area contributed by atoms with Crippen molar-refractivity contribution in [2.75, 3.05) is 39.4 Å².